The van der Waals surface area contributed by atoms with E-state index >= 15 is 0 Å². The summed E-state index contributed by atoms with van der Waals surface area (Å²) >= 11 is 7.17. The molecule has 2 heterocycles. The fourth-order valence-corrected chi connectivity index (χ4v) is 4.15. The van der Waals surface area contributed by atoms with Crippen LogP contribution in [0, 0.1) is 0 Å². The molecule has 0 aliphatic carbocycles. The van der Waals surface area contributed by atoms with E-state index in [1.807, 2.05) is 18.2 Å². The maximum atomic E-state index is 11.9. The Morgan fingerprint density at radius 2 is 1.28 bits per heavy atom. The average molecular weight is 372 g/mol. The van der Waals surface area contributed by atoms with E-state index in [0.29, 0.717) is 4.34 Å². The van der Waals surface area contributed by atoms with Crippen molar-refractivity contribution in [1.29, 1.82) is 0 Å². The molecule has 3 aromatic rings. The van der Waals surface area contributed by atoms with Gasteiger partial charge in [-0.2, -0.15) is 0 Å². The molecule has 0 bridgehead atoms. The topological polar surface area (TPSA) is 28.5 Å². The fourth-order valence-electron chi connectivity index (χ4n) is 3.15. The van der Waals surface area contributed by atoms with Gasteiger partial charge in [0.2, 0.25) is 0 Å². The van der Waals surface area contributed by atoms with E-state index < -0.39 is 0 Å². The lowest BCUT2D eigenvalue weighted by Gasteiger charge is -2.37. The summed E-state index contributed by atoms with van der Waals surface area (Å²) in [6.07, 6.45) is 0. The van der Waals surface area contributed by atoms with Crippen molar-refractivity contribution in [1.82, 2.24) is 3.96 Å². The molecule has 2 aromatic carbocycles. The second-order valence-corrected chi connectivity index (χ2v) is 7.62. The smallest absolute Gasteiger partial charge is 0.266 e. The Balaban J connectivity index is 1.45. The van der Waals surface area contributed by atoms with Gasteiger partial charge in [-0.05, 0) is 47.9 Å². The minimum absolute atomic E-state index is 0.0841. The highest BCUT2D eigenvalue weighted by molar-refractivity contribution is 7.11. The van der Waals surface area contributed by atoms with Crippen molar-refractivity contribution in [2.75, 3.05) is 36.0 Å². The molecule has 0 N–H and O–H groups in total. The largest absolute Gasteiger partial charge is 0.368 e. The van der Waals surface area contributed by atoms with Gasteiger partial charge in [-0.3, -0.25) is 4.79 Å². The van der Waals surface area contributed by atoms with Crippen LogP contribution in [0.3, 0.4) is 0 Å². The van der Waals surface area contributed by atoms with Crippen LogP contribution in [0.1, 0.15) is 0 Å². The summed E-state index contributed by atoms with van der Waals surface area (Å²) in [5.41, 5.74) is 3.24. The number of piperazine rings is 1. The maximum Gasteiger partial charge on any atom is 0.266 e. The molecule has 1 aromatic heterocycles. The van der Waals surface area contributed by atoms with Gasteiger partial charge >= 0.3 is 0 Å². The minimum Gasteiger partial charge on any atom is -0.368 e. The zero-order chi connectivity index (χ0) is 17.2. The van der Waals surface area contributed by atoms with Crippen molar-refractivity contribution in [3.63, 3.8) is 0 Å². The lowest BCUT2D eigenvalue weighted by Crippen LogP contribution is -2.46. The SMILES string of the molecule is O=c1cc(Cl)sn1-c1ccc(N2CCN(c3ccccc3)CC2)cc1. The molecule has 0 amide bonds. The molecule has 0 unspecified atom stereocenters. The average Bonchev–Trinajstić information content (AvgIpc) is 3.01. The van der Waals surface area contributed by atoms with E-state index in [9.17, 15) is 4.79 Å². The first-order valence-electron chi connectivity index (χ1n) is 8.25. The molecule has 4 rings (SSSR count). The van der Waals surface area contributed by atoms with Crippen molar-refractivity contribution in [2.45, 2.75) is 0 Å². The van der Waals surface area contributed by atoms with Crippen LogP contribution in [0.4, 0.5) is 11.4 Å². The fraction of sp³-hybridized carbons (Fsp3) is 0.211. The zero-order valence-electron chi connectivity index (χ0n) is 13.6. The van der Waals surface area contributed by atoms with E-state index in [1.165, 1.54) is 29.0 Å². The predicted octanol–water partition coefficient (Wildman–Crippen LogP) is 3.88. The standard InChI is InChI=1S/C19H18ClN3OS/c20-18-14-19(24)23(25-18)17-8-6-16(7-9-17)22-12-10-21(11-13-22)15-4-2-1-3-5-15/h1-9,14H,10-13H2. The number of halogens is 1. The molecule has 1 saturated heterocycles. The van der Waals surface area contributed by atoms with Crippen molar-refractivity contribution < 1.29 is 0 Å². The van der Waals surface area contributed by atoms with Crippen LogP contribution in [0.2, 0.25) is 4.34 Å². The Morgan fingerprint density at radius 3 is 1.80 bits per heavy atom. The third-order valence-corrected chi connectivity index (χ3v) is 5.65. The summed E-state index contributed by atoms with van der Waals surface area (Å²) in [5.74, 6) is 0. The van der Waals surface area contributed by atoms with Crippen molar-refractivity contribution in [3.8, 4) is 5.69 Å². The summed E-state index contributed by atoms with van der Waals surface area (Å²) in [6.45, 7) is 3.98. The summed E-state index contributed by atoms with van der Waals surface area (Å²) in [5, 5.41) is 0. The highest BCUT2D eigenvalue weighted by atomic mass is 35.5. The lowest BCUT2D eigenvalue weighted by atomic mass is 10.2. The monoisotopic (exact) mass is 371 g/mol. The van der Waals surface area contributed by atoms with Crippen LogP contribution in [0.15, 0.2) is 65.5 Å². The molecule has 1 aliphatic rings. The van der Waals surface area contributed by atoms with Crippen LogP contribution in [0.5, 0.6) is 0 Å². The van der Waals surface area contributed by atoms with E-state index in [2.05, 4.69) is 46.2 Å². The molecule has 0 saturated carbocycles. The second kappa shape index (κ2) is 6.94. The van der Waals surface area contributed by atoms with Gasteiger partial charge in [-0.25, -0.2) is 3.96 Å². The second-order valence-electron chi connectivity index (χ2n) is 6.00. The quantitative estimate of drug-likeness (QED) is 0.699. The maximum absolute atomic E-state index is 11.9. The summed E-state index contributed by atoms with van der Waals surface area (Å²) in [7, 11) is 0. The number of aromatic nitrogens is 1. The molecule has 0 spiro atoms. The molecule has 0 atom stereocenters. The Morgan fingerprint density at radius 1 is 0.760 bits per heavy atom. The van der Waals surface area contributed by atoms with Crippen LogP contribution in [-0.2, 0) is 0 Å². The molecule has 1 aliphatic heterocycles. The number of anilines is 2. The van der Waals surface area contributed by atoms with Gasteiger partial charge < -0.3 is 9.80 Å². The summed E-state index contributed by atoms with van der Waals surface area (Å²) in [4.78, 5) is 16.7. The Bertz CT molecular complexity index is 896. The van der Waals surface area contributed by atoms with Gasteiger partial charge in [0.05, 0.1) is 5.69 Å². The molecule has 128 valence electrons. The molecule has 0 radical (unpaired) electrons. The van der Waals surface area contributed by atoms with Gasteiger partial charge in [0.1, 0.15) is 4.34 Å². The van der Waals surface area contributed by atoms with Crippen molar-refractivity contribution in [2.24, 2.45) is 0 Å². The number of nitrogens with zero attached hydrogens (tertiary/aromatic N) is 3. The van der Waals surface area contributed by atoms with E-state index in [0.717, 1.165) is 31.9 Å². The van der Waals surface area contributed by atoms with Gasteiger partial charge in [0.15, 0.2) is 0 Å². The molecular formula is C19H18ClN3OS. The van der Waals surface area contributed by atoms with Crippen LogP contribution < -0.4 is 15.4 Å². The zero-order valence-corrected chi connectivity index (χ0v) is 15.2. The highest BCUT2D eigenvalue weighted by Gasteiger charge is 2.17. The third-order valence-electron chi connectivity index (χ3n) is 4.47. The van der Waals surface area contributed by atoms with Crippen molar-refractivity contribution in [3.05, 3.63) is 75.4 Å². The first-order valence-corrected chi connectivity index (χ1v) is 9.40. The number of rotatable bonds is 3. The van der Waals surface area contributed by atoms with E-state index in [1.54, 1.807) is 3.96 Å². The first-order chi connectivity index (χ1) is 12.2. The molecule has 6 heteroatoms. The van der Waals surface area contributed by atoms with Gasteiger partial charge in [0.25, 0.3) is 5.56 Å². The Hall–Kier alpha value is -2.24. The number of para-hydroxylation sites is 1. The first kappa shape index (κ1) is 16.2. The highest BCUT2D eigenvalue weighted by Crippen LogP contribution is 2.23. The Labute approximate surface area is 155 Å². The van der Waals surface area contributed by atoms with Gasteiger partial charge in [0, 0.05) is 43.6 Å². The number of hydrogen-bond acceptors (Lipinski definition) is 4. The van der Waals surface area contributed by atoms with Gasteiger partial charge in [-0.15, -0.1) is 0 Å². The Kier molecular flexibility index (Phi) is 4.51. The lowest BCUT2D eigenvalue weighted by molar-refractivity contribution is 0.653. The predicted molar refractivity (Wildman–Crippen MR) is 106 cm³/mol. The molecule has 25 heavy (non-hydrogen) atoms. The van der Waals surface area contributed by atoms with Crippen LogP contribution >= 0.6 is 23.1 Å². The normalized spacial score (nSPS) is 14.8. The van der Waals surface area contributed by atoms with Gasteiger partial charge in [-0.1, -0.05) is 29.8 Å². The van der Waals surface area contributed by atoms with Crippen molar-refractivity contribution >= 4 is 34.5 Å². The number of hydrogen-bond donors (Lipinski definition) is 0. The van der Waals surface area contributed by atoms with E-state index in [-0.39, 0.29) is 5.56 Å². The number of benzene rings is 2. The summed E-state index contributed by atoms with van der Waals surface area (Å²) < 4.78 is 2.12. The molecule has 1 fully saturated rings. The van der Waals surface area contributed by atoms with Crippen LogP contribution in [0.25, 0.3) is 5.69 Å². The third kappa shape index (κ3) is 3.43. The molecular weight excluding hydrogens is 354 g/mol. The molecule has 4 nitrogen and oxygen atoms in total. The van der Waals surface area contributed by atoms with Crippen LogP contribution in [-0.4, -0.2) is 30.1 Å². The van der Waals surface area contributed by atoms with E-state index in [4.69, 9.17) is 11.6 Å². The minimum atomic E-state index is -0.0841. The summed E-state index contributed by atoms with van der Waals surface area (Å²) in [6, 6.07) is 20.1.